The van der Waals surface area contributed by atoms with Crippen LogP contribution in [0.4, 0.5) is 4.79 Å². The largest absolute Gasteiger partial charge is 0.480 e. The molecule has 0 bridgehead atoms. The number of amides is 2. The lowest BCUT2D eigenvalue weighted by Gasteiger charge is -2.25. The topological polar surface area (TPSA) is 141 Å². The molecule has 1 aliphatic rings. The Morgan fingerprint density at radius 1 is 1.25 bits per heavy atom. The lowest BCUT2D eigenvalue weighted by atomic mass is 10.0. The molecule has 9 nitrogen and oxygen atoms in total. The minimum atomic E-state index is -3.87. The minimum absolute atomic E-state index is 0.0782. The van der Waals surface area contributed by atoms with E-state index < -0.39 is 51.4 Å². The Bertz CT molecular complexity index is 588. The molecule has 1 fully saturated rings. The molecule has 1 heterocycles. The summed E-state index contributed by atoms with van der Waals surface area (Å²) in [5.74, 6) is -3.39. The number of carboxylic acids is 1. The van der Waals surface area contributed by atoms with Gasteiger partial charge in [-0.15, -0.1) is 0 Å². The molecule has 138 valence electrons. The number of rotatable bonds is 8. The molecule has 1 aliphatic heterocycles. The van der Waals surface area contributed by atoms with Crippen molar-refractivity contribution in [3.63, 3.8) is 0 Å². The van der Waals surface area contributed by atoms with Gasteiger partial charge in [0.15, 0.2) is 9.84 Å². The molecule has 0 saturated carbocycles. The highest BCUT2D eigenvalue weighted by Crippen LogP contribution is 2.18. The van der Waals surface area contributed by atoms with Gasteiger partial charge < -0.3 is 15.5 Å². The van der Waals surface area contributed by atoms with Crippen LogP contribution in [0.3, 0.4) is 0 Å². The van der Waals surface area contributed by atoms with Crippen LogP contribution in [0.2, 0.25) is 0 Å². The van der Waals surface area contributed by atoms with Crippen LogP contribution in [0.25, 0.3) is 0 Å². The van der Waals surface area contributed by atoms with Gasteiger partial charge in [-0.2, -0.15) is 0 Å². The van der Waals surface area contributed by atoms with Gasteiger partial charge in [0.2, 0.25) is 5.91 Å². The van der Waals surface area contributed by atoms with Gasteiger partial charge in [0, 0.05) is 12.6 Å². The highest BCUT2D eigenvalue weighted by Gasteiger charge is 2.35. The van der Waals surface area contributed by atoms with Gasteiger partial charge >= 0.3 is 12.1 Å². The maximum absolute atomic E-state index is 12.3. The van der Waals surface area contributed by atoms with E-state index in [0.717, 1.165) is 4.90 Å². The third kappa shape index (κ3) is 6.34. The molecule has 0 aromatic rings. The highest BCUT2D eigenvalue weighted by molar-refractivity contribution is 7.92. The van der Waals surface area contributed by atoms with Gasteiger partial charge in [0.05, 0.1) is 5.75 Å². The Kier molecular flexibility index (Phi) is 7.00. The third-order valence-electron chi connectivity index (χ3n) is 3.70. The summed E-state index contributed by atoms with van der Waals surface area (Å²) in [5, 5.41) is 20.3. The van der Waals surface area contributed by atoms with Crippen molar-refractivity contribution < 1.29 is 33.0 Å². The fourth-order valence-electron chi connectivity index (χ4n) is 2.86. The van der Waals surface area contributed by atoms with Crippen molar-refractivity contribution in [3.05, 3.63) is 0 Å². The zero-order valence-electron chi connectivity index (χ0n) is 13.8. The van der Waals surface area contributed by atoms with E-state index in [2.05, 4.69) is 5.32 Å². The molecule has 0 unspecified atom stereocenters. The first-order valence-electron chi connectivity index (χ1n) is 7.74. The summed E-state index contributed by atoms with van der Waals surface area (Å²) in [6.45, 7) is 3.96. The van der Waals surface area contributed by atoms with E-state index in [0.29, 0.717) is 19.3 Å². The number of hydrogen-bond donors (Lipinski definition) is 3. The van der Waals surface area contributed by atoms with E-state index in [4.69, 9.17) is 10.2 Å². The predicted molar refractivity (Wildman–Crippen MR) is 85.4 cm³/mol. The van der Waals surface area contributed by atoms with Crippen LogP contribution in [0.5, 0.6) is 0 Å². The fourth-order valence-corrected chi connectivity index (χ4v) is 4.18. The molecular formula is C14H24N2O7S. The van der Waals surface area contributed by atoms with Gasteiger partial charge in [-0.1, -0.05) is 13.8 Å². The summed E-state index contributed by atoms with van der Waals surface area (Å²) in [7, 11) is -3.87. The van der Waals surface area contributed by atoms with Crippen molar-refractivity contribution in [2.45, 2.75) is 45.2 Å². The van der Waals surface area contributed by atoms with Crippen LogP contribution >= 0.6 is 0 Å². The summed E-state index contributed by atoms with van der Waals surface area (Å²) >= 11 is 0. The molecule has 1 saturated heterocycles. The van der Waals surface area contributed by atoms with Gasteiger partial charge in [0.25, 0.3) is 0 Å². The van der Waals surface area contributed by atoms with Crippen molar-refractivity contribution >= 4 is 27.8 Å². The maximum Gasteiger partial charge on any atom is 0.407 e. The van der Waals surface area contributed by atoms with Crippen LogP contribution in [0.15, 0.2) is 0 Å². The average Bonchev–Trinajstić information content (AvgIpc) is 2.84. The van der Waals surface area contributed by atoms with Gasteiger partial charge in [-0.25, -0.2) is 13.2 Å². The molecule has 10 heteroatoms. The molecule has 0 aromatic carbocycles. The number of aliphatic carboxylic acids is 1. The second-order valence-corrected chi connectivity index (χ2v) is 8.53. The van der Waals surface area contributed by atoms with Crippen molar-refractivity contribution in [1.82, 2.24) is 10.2 Å². The monoisotopic (exact) mass is 364 g/mol. The van der Waals surface area contributed by atoms with E-state index in [1.807, 2.05) is 13.8 Å². The third-order valence-corrected chi connectivity index (χ3v) is 5.30. The van der Waals surface area contributed by atoms with Crippen molar-refractivity contribution in [2.75, 3.05) is 18.1 Å². The lowest BCUT2D eigenvalue weighted by molar-refractivity contribution is -0.134. The molecule has 24 heavy (non-hydrogen) atoms. The Labute approximate surface area is 140 Å². The van der Waals surface area contributed by atoms with E-state index in [9.17, 15) is 22.8 Å². The first-order valence-corrected chi connectivity index (χ1v) is 9.56. The standard InChI is InChI=1S/C14H24N2O7S/c1-9(2)6-10(7-24(22,23)8-12(17)18)15-13(19)11-4-3-5-16(11)14(20)21/h9-11H,3-8H2,1-2H3,(H,15,19)(H,17,18)(H,20,21)/t10-,11-/m0/s1. The Hall–Kier alpha value is -1.84. The fraction of sp³-hybridized carbons (Fsp3) is 0.786. The van der Waals surface area contributed by atoms with Crippen molar-refractivity contribution in [2.24, 2.45) is 5.92 Å². The number of sulfone groups is 1. The molecule has 0 spiro atoms. The van der Waals surface area contributed by atoms with E-state index in [1.54, 1.807) is 0 Å². The molecule has 1 rings (SSSR count). The Morgan fingerprint density at radius 2 is 1.88 bits per heavy atom. The van der Waals surface area contributed by atoms with Crippen molar-refractivity contribution in [1.29, 1.82) is 0 Å². The number of carbonyl (C=O) groups is 3. The SMILES string of the molecule is CC(C)C[C@@H](CS(=O)(=O)CC(=O)O)NC(=O)[C@@H]1CCCN1C(=O)O. The van der Waals surface area contributed by atoms with Crippen LogP contribution in [0, 0.1) is 5.92 Å². The number of likely N-dealkylation sites (tertiary alicyclic amines) is 1. The Balaban J connectivity index is 2.80. The second-order valence-electron chi connectivity index (χ2n) is 6.42. The van der Waals surface area contributed by atoms with Crippen molar-refractivity contribution in [3.8, 4) is 0 Å². The maximum atomic E-state index is 12.3. The summed E-state index contributed by atoms with van der Waals surface area (Å²) in [6, 6.07) is -1.59. The van der Waals surface area contributed by atoms with Crippen LogP contribution in [0.1, 0.15) is 33.1 Å². The normalized spacial score (nSPS) is 19.3. The number of nitrogens with zero attached hydrogens (tertiary/aromatic N) is 1. The van der Waals surface area contributed by atoms with Gasteiger partial charge in [-0.05, 0) is 25.2 Å². The lowest BCUT2D eigenvalue weighted by Crippen LogP contribution is -2.50. The Morgan fingerprint density at radius 3 is 2.38 bits per heavy atom. The molecule has 3 N–H and O–H groups in total. The summed E-state index contributed by atoms with van der Waals surface area (Å²) < 4.78 is 23.7. The number of carbonyl (C=O) groups excluding carboxylic acids is 1. The molecule has 2 atom stereocenters. The molecule has 0 aromatic heterocycles. The molecular weight excluding hydrogens is 340 g/mol. The summed E-state index contributed by atoms with van der Waals surface area (Å²) in [4.78, 5) is 35.1. The first kappa shape index (κ1) is 20.2. The van der Waals surface area contributed by atoms with E-state index in [-0.39, 0.29) is 12.5 Å². The highest BCUT2D eigenvalue weighted by atomic mass is 32.2. The van der Waals surface area contributed by atoms with Crippen LogP contribution in [-0.4, -0.2) is 71.6 Å². The van der Waals surface area contributed by atoms with Crippen LogP contribution < -0.4 is 5.32 Å². The zero-order valence-corrected chi connectivity index (χ0v) is 14.6. The number of nitrogens with one attached hydrogen (secondary N) is 1. The zero-order chi connectivity index (χ0) is 18.5. The predicted octanol–water partition coefficient (Wildman–Crippen LogP) is 0.159. The van der Waals surface area contributed by atoms with Gasteiger partial charge in [0.1, 0.15) is 11.8 Å². The average molecular weight is 364 g/mol. The van der Waals surface area contributed by atoms with E-state index >= 15 is 0 Å². The minimum Gasteiger partial charge on any atom is -0.480 e. The first-order chi connectivity index (χ1) is 11.0. The number of hydrogen-bond acceptors (Lipinski definition) is 5. The van der Waals surface area contributed by atoms with Crippen LogP contribution in [-0.2, 0) is 19.4 Å². The quantitative estimate of drug-likeness (QED) is 0.557. The smallest absolute Gasteiger partial charge is 0.407 e. The van der Waals surface area contributed by atoms with E-state index in [1.165, 1.54) is 0 Å². The summed E-state index contributed by atoms with van der Waals surface area (Å²) in [6.07, 6.45) is 0.113. The summed E-state index contributed by atoms with van der Waals surface area (Å²) in [5.41, 5.74) is 0. The number of carboxylic acid groups (broad SMARTS) is 2. The molecule has 0 radical (unpaired) electrons. The molecule has 0 aliphatic carbocycles. The van der Waals surface area contributed by atoms with Gasteiger partial charge in [-0.3, -0.25) is 14.5 Å². The molecule has 2 amide bonds. The second kappa shape index (κ2) is 8.32.